The second kappa shape index (κ2) is 4.44. The smallest absolute Gasteiger partial charge is 0.169 e. The van der Waals surface area contributed by atoms with Crippen LogP contribution in [0.5, 0.6) is 5.75 Å². The first-order valence-electron chi connectivity index (χ1n) is 5.10. The van der Waals surface area contributed by atoms with Crippen molar-refractivity contribution in [2.75, 3.05) is 7.11 Å². The molecule has 16 heavy (non-hydrogen) atoms. The van der Waals surface area contributed by atoms with Crippen molar-refractivity contribution in [2.45, 2.75) is 25.6 Å². The molecule has 0 saturated heterocycles. The third-order valence-corrected chi connectivity index (χ3v) is 2.96. The first-order valence-corrected chi connectivity index (χ1v) is 5.48. The quantitative estimate of drug-likeness (QED) is 0.814. The molecule has 2 unspecified atom stereocenters. The molecule has 0 amide bonds. The van der Waals surface area contributed by atoms with Gasteiger partial charge in [-0.15, -0.1) is 0 Å². The summed E-state index contributed by atoms with van der Waals surface area (Å²) in [5, 5.41) is 0.679. The van der Waals surface area contributed by atoms with E-state index in [-0.39, 0.29) is 11.9 Å². The van der Waals surface area contributed by atoms with Crippen molar-refractivity contribution < 1.29 is 14.3 Å². The predicted octanol–water partition coefficient (Wildman–Crippen LogP) is 2.38. The second-order valence-corrected chi connectivity index (χ2v) is 4.33. The Labute approximate surface area is 99.3 Å². The first-order chi connectivity index (χ1) is 7.61. The van der Waals surface area contributed by atoms with E-state index in [2.05, 4.69) is 0 Å². The van der Waals surface area contributed by atoms with Gasteiger partial charge in [-0.25, -0.2) is 0 Å². The Bertz CT molecular complexity index is 417. The lowest BCUT2D eigenvalue weighted by Crippen LogP contribution is -2.51. The van der Waals surface area contributed by atoms with Crippen molar-refractivity contribution in [2.24, 2.45) is 0 Å². The van der Waals surface area contributed by atoms with Gasteiger partial charge < -0.3 is 9.47 Å². The van der Waals surface area contributed by atoms with E-state index in [9.17, 15) is 4.79 Å². The number of ether oxygens (including phenoxy) is 2. The molecule has 0 radical (unpaired) electrons. The van der Waals surface area contributed by atoms with Gasteiger partial charge in [-0.05, 0) is 30.7 Å². The molecule has 1 aromatic carbocycles. The van der Waals surface area contributed by atoms with E-state index in [0.717, 1.165) is 11.3 Å². The van der Waals surface area contributed by atoms with Gasteiger partial charge in [0.05, 0.1) is 0 Å². The molecule has 0 aromatic heterocycles. The number of hydrogen-bond acceptors (Lipinski definition) is 3. The molecule has 1 aromatic rings. The minimum Gasteiger partial charge on any atom is -0.486 e. The van der Waals surface area contributed by atoms with Crippen molar-refractivity contribution in [3.8, 4) is 5.75 Å². The molecule has 0 aliphatic heterocycles. The van der Waals surface area contributed by atoms with E-state index in [0.29, 0.717) is 11.4 Å². The molecular weight excluding hydrogens is 228 g/mol. The van der Waals surface area contributed by atoms with E-state index >= 15 is 0 Å². The normalized spacial score (nSPS) is 24.1. The van der Waals surface area contributed by atoms with Crippen LogP contribution < -0.4 is 4.74 Å². The molecule has 0 heterocycles. The summed E-state index contributed by atoms with van der Waals surface area (Å²) < 4.78 is 10.8. The predicted molar refractivity (Wildman–Crippen MR) is 61.0 cm³/mol. The standard InChI is InChI=1S/C12H13ClO3/c1-7-5-8(13)3-4-10(7)16-11-6-9(14)12(11)15-2/h3-5,11-12H,6H2,1-2H3. The summed E-state index contributed by atoms with van der Waals surface area (Å²) in [5.74, 6) is 0.850. The third kappa shape index (κ3) is 2.06. The summed E-state index contributed by atoms with van der Waals surface area (Å²) >= 11 is 5.85. The number of Topliss-reactive ketones (excluding diaryl/α,β-unsaturated/α-hetero) is 1. The molecule has 86 valence electrons. The van der Waals surface area contributed by atoms with Gasteiger partial charge >= 0.3 is 0 Å². The fourth-order valence-electron chi connectivity index (χ4n) is 1.76. The summed E-state index contributed by atoms with van der Waals surface area (Å²) in [7, 11) is 1.52. The van der Waals surface area contributed by atoms with Gasteiger partial charge in [0.15, 0.2) is 11.9 Å². The number of ketones is 1. The zero-order valence-electron chi connectivity index (χ0n) is 9.20. The van der Waals surface area contributed by atoms with E-state index in [1.165, 1.54) is 7.11 Å². The fraction of sp³-hybridized carbons (Fsp3) is 0.417. The minimum atomic E-state index is -0.421. The molecule has 4 heteroatoms. The molecule has 2 rings (SSSR count). The van der Waals surface area contributed by atoms with Gasteiger partial charge in [-0.3, -0.25) is 4.79 Å². The summed E-state index contributed by atoms with van der Waals surface area (Å²) in [6, 6.07) is 5.42. The summed E-state index contributed by atoms with van der Waals surface area (Å²) in [6.07, 6.45) is -0.173. The third-order valence-electron chi connectivity index (χ3n) is 2.73. The highest BCUT2D eigenvalue weighted by atomic mass is 35.5. The van der Waals surface area contributed by atoms with Crippen LogP contribution in [-0.4, -0.2) is 25.1 Å². The maximum Gasteiger partial charge on any atom is 0.169 e. The van der Waals surface area contributed by atoms with Gasteiger partial charge in [0.25, 0.3) is 0 Å². The van der Waals surface area contributed by atoms with E-state index in [4.69, 9.17) is 21.1 Å². The Morgan fingerprint density at radius 1 is 1.44 bits per heavy atom. The first kappa shape index (κ1) is 11.4. The Morgan fingerprint density at radius 3 is 2.75 bits per heavy atom. The van der Waals surface area contributed by atoms with Crippen LogP contribution in [0, 0.1) is 6.92 Å². The fourth-order valence-corrected chi connectivity index (χ4v) is 1.99. The van der Waals surface area contributed by atoms with Crippen LogP contribution in [0.3, 0.4) is 0 Å². The molecular formula is C12H13ClO3. The average molecular weight is 241 g/mol. The highest BCUT2D eigenvalue weighted by molar-refractivity contribution is 6.30. The number of benzene rings is 1. The molecule has 1 fully saturated rings. The molecule has 0 spiro atoms. The lowest BCUT2D eigenvalue weighted by molar-refractivity contribution is -0.151. The number of methoxy groups -OCH3 is 1. The van der Waals surface area contributed by atoms with Gasteiger partial charge in [0, 0.05) is 18.6 Å². The van der Waals surface area contributed by atoms with Crippen molar-refractivity contribution in [1.29, 1.82) is 0 Å². The van der Waals surface area contributed by atoms with Crippen LogP contribution in [0.25, 0.3) is 0 Å². The monoisotopic (exact) mass is 240 g/mol. The summed E-state index contributed by atoms with van der Waals surface area (Å²) in [4.78, 5) is 11.2. The van der Waals surface area contributed by atoms with Crippen molar-refractivity contribution in [1.82, 2.24) is 0 Å². The highest BCUT2D eigenvalue weighted by Crippen LogP contribution is 2.28. The lowest BCUT2D eigenvalue weighted by atomic mass is 9.90. The number of carbonyl (C=O) groups is 1. The lowest BCUT2D eigenvalue weighted by Gasteiger charge is -2.34. The number of rotatable bonds is 3. The summed E-state index contributed by atoms with van der Waals surface area (Å²) in [5.41, 5.74) is 0.960. The molecule has 1 aliphatic rings. The minimum absolute atomic E-state index is 0.0964. The molecule has 3 nitrogen and oxygen atoms in total. The Hall–Kier alpha value is -1.06. The number of aryl methyl sites for hydroxylation is 1. The van der Waals surface area contributed by atoms with Crippen LogP contribution in [0.4, 0.5) is 0 Å². The van der Waals surface area contributed by atoms with Crippen LogP contribution in [-0.2, 0) is 9.53 Å². The Morgan fingerprint density at radius 2 is 2.19 bits per heavy atom. The SMILES string of the molecule is COC1C(=O)CC1Oc1ccc(Cl)cc1C. The molecule has 2 atom stereocenters. The Kier molecular flexibility index (Phi) is 3.17. The topological polar surface area (TPSA) is 35.5 Å². The van der Waals surface area contributed by atoms with Gasteiger partial charge in [0.1, 0.15) is 11.9 Å². The Balaban J connectivity index is 2.07. The van der Waals surface area contributed by atoms with E-state index in [1.807, 2.05) is 19.1 Å². The maximum atomic E-state index is 11.2. The van der Waals surface area contributed by atoms with Gasteiger partial charge in [0.2, 0.25) is 0 Å². The number of hydrogen-bond donors (Lipinski definition) is 0. The van der Waals surface area contributed by atoms with Crippen LogP contribution in [0.2, 0.25) is 5.02 Å². The van der Waals surface area contributed by atoms with E-state index < -0.39 is 6.10 Å². The zero-order chi connectivity index (χ0) is 11.7. The van der Waals surface area contributed by atoms with Crippen LogP contribution >= 0.6 is 11.6 Å². The van der Waals surface area contributed by atoms with Crippen LogP contribution in [0.1, 0.15) is 12.0 Å². The molecule has 1 aliphatic carbocycles. The molecule has 1 saturated carbocycles. The van der Waals surface area contributed by atoms with Crippen LogP contribution in [0.15, 0.2) is 18.2 Å². The molecule has 0 bridgehead atoms. The van der Waals surface area contributed by atoms with Crippen molar-refractivity contribution in [3.63, 3.8) is 0 Å². The van der Waals surface area contributed by atoms with E-state index in [1.54, 1.807) is 6.07 Å². The van der Waals surface area contributed by atoms with Crippen molar-refractivity contribution in [3.05, 3.63) is 28.8 Å². The van der Waals surface area contributed by atoms with Gasteiger partial charge in [-0.2, -0.15) is 0 Å². The average Bonchev–Trinajstić information content (AvgIpc) is 2.21. The highest BCUT2D eigenvalue weighted by Gasteiger charge is 2.42. The maximum absolute atomic E-state index is 11.2. The number of halogens is 1. The summed E-state index contributed by atoms with van der Waals surface area (Å²) in [6.45, 7) is 1.92. The van der Waals surface area contributed by atoms with Crippen molar-refractivity contribution >= 4 is 17.4 Å². The second-order valence-electron chi connectivity index (χ2n) is 3.89. The number of carbonyl (C=O) groups excluding carboxylic acids is 1. The zero-order valence-corrected chi connectivity index (χ0v) is 9.95. The van der Waals surface area contributed by atoms with Gasteiger partial charge in [-0.1, -0.05) is 11.6 Å². The largest absolute Gasteiger partial charge is 0.486 e. The molecule has 0 N–H and O–H groups in total.